The van der Waals surface area contributed by atoms with Crippen LogP contribution in [0, 0.1) is 25.9 Å². The predicted molar refractivity (Wildman–Crippen MR) is 120 cm³/mol. The summed E-state index contributed by atoms with van der Waals surface area (Å²) >= 11 is 6.16. The van der Waals surface area contributed by atoms with E-state index in [0.29, 0.717) is 5.02 Å². The largest absolute Gasteiger partial charge is 0 e. The SMILES string of the molecule is CN1CCc2cc(Cl)c(O)cc2C(c2ccccc2C(=O)C2C=CC=C2)C1.[C-]#[O+].[C-]#[O+].[C-]#[O+].[Re]. The van der Waals surface area contributed by atoms with E-state index in [1.807, 2.05) is 54.6 Å². The van der Waals surface area contributed by atoms with Crippen LogP contribution >= 0.6 is 11.6 Å². The summed E-state index contributed by atoms with van der Waals surface area (Å²) in [4.78, 5) is 15.4. The number of aromatic hydroxyl groups is 1. The molecule has 1 unspecified atom stereocenters. The summed E-state index contributed by atoms with van der Waals surface area (Å²) < 4.78 is 22.5. The molecule has 0 bridgehead atoms. The van der Waals surface area contributed by atoms with Gasteiger partial charge in [0.15, 0.2) is 5.78 Å². The number of likely N-dealkylation sites (N-methyl/N-ethyl adjacent to an activating group) is 1. The number of allylic oxidation sites excluding steroid dienone is 4. The molecule has 175 valence electrons. The number of nitrogens with zero attached hydrogens (tertiary/aromatic N) is 1. The van der Waals surface area contributed by atoms with Gasteiger partial charge < -0.3 is 10.0 Å². The first-order valence-corrected chi connectivity index (χ1v) is 10.2. The second kappa shape index (κ2) is 16.2. The van der Waals surface area contributed by atoms with Crippen LogP contribution in [0.4, 0.5) is 0 Å². The summed E-state index contributed by atoms with van der Waals surface area (Å²) in [6.45, 7) is 15.2. The van der Waals surface area contributed by atoms with Gasteiger partial charge in [-0.25, -0.2) is 0 Å². The van der Waals surface area contributed by atoms with E-state index in [1.165, 1.54) is 0 Å². The Bertz CT molecular complexity index is 1060. The van der Waals surface area contributed by atoms with Crippen molar-refractivity contribution in [3.8, 4) is 5.75 Å². The smallest absolute Gasteiger partial charge is 0 e. The number of hydrogen-bond donors (Lipinski definition) is 1. The molecule has 0 saturated heterocycles. The van der Waals surface area contributed by atoms with E-state index in [1.54, 1.807) is 6.07 Å². The summed E-state index contributed by atoms with van der Waals surface area (Å²) in [5, 5.41) is 10.6. The maximum Gasteiger partial charge on any atom is 0 e. The zero-order chi connectivity index (χ0) is 25.0. The van der Waals surface area contributed by atoms with Gasteiger partial charge in [0.25, 0.3) is 0 Å². The van der Waals surface area contributed by atoms with Gasteiger partial charge in [-0.2, -0.15) is 0 Å². The summed E-state index contributed by atoms with van der Waals surface area (Å²) in [7, 11) is 2.09. The number of ketones is 1. The molecule has 1 aliphatic heterocycles. The fraction of sp³-hybridized carbons (Fsp3) is 0.231. The molecule has 1 radical (unpaired) electrons. The van der Waals surface area contributed by atoms with Crippen molar-refractivity contribution in [1.82, 2.24) is 4.90 Å². The van der Waals surface area contributed by atoms with Gasteiger partial charge >= 0.3 is 33.9 Å². The van der Waals surface area contributed by atoms with Crippen LogP contribution in [0.15, 0.2) is 60.7 Å². The van der Waals surface area contributed by atoms with E-state index in [-0.39, 0.29) is 43.8 Å². The van der Waals surface area contributed by atoms with Gasteiger partial charge in [0.05, 0.1) is 10.9 Å². The van der Waals surface area contributed by atoms with Crippen molar-refractivity contribution < 1.29 is 44.3 Å². The average Bonchev–Trinajstić information content (AvgIpc) is 3.36. The zero-order valence-corrected chi connectivity index (χ0v) is 21.8. The number of benzene rings is 2. The molecule has 0 amide bonds. The Morgan fingerprint density at radius 2 is 1.62 bits per heavy atom. The number of hydrogen-bond acceptors (Lipinski definition) is 3. The standard InChI is InChI=1S/C23H22ClNO2.3CO.Re/c1-25-11-10-16-12-21(24)22(26)13-19(16)20(14-25)17-8-4-5-9-18(17)23(27)15-6-2-3-7-15;3*1-2;/h2-9,12-13,15,20,26H,10-11,14H2,1H3;;;;. The average molecular weight is 650 g/mol. The molecule has 6 nitrogen and oxygen atoms in total. The fourth-order valence-corrected chi connectivity index (χ4v) is 4.24. The summed E-state index contributed by atoms with van der Waals surface area (Å²) in [5.74, 6) is 0.00981. The van der Waals surface area contributed by atoms with E-state index in [0.717, 1.165) is 41.8 Å². The van der Waals surface area contributed by atoms with Gasteiger partial charge in [0, 0.05) is 45.0 Å². The maximum atomic E-state index is 13.1. The molecule has 2 aromatic rings. The zero-order valence-electron chi connectivity index (χ0n) is 18.3. The number of phenolic OH excluding ortho intramolecular Hbond substituents is 1. The number of fused-ring (bicyclic) bond motifs is 1. The van der Waals surface area contributed by atoms with E-state index in [9.17, 15) is 9.90 Å². The number of halogens is 1. The Labute approximate surface area is 218 Å². The van der Waals surface area contributed by atoms with Gasteiger partial charge in [-0.15, -0.1) is 0 Å². The van der Waals surface area contributed by atoms with Crippen LogP contribution in [-0.2, 0) is 40.8 Å². The van der Waals surface area contributed by atoms with Gasteiger partial charge in [0.1, 0.15) is 5.75 Å². The van der Waals surface area contributed by atoms with Crippen LogP contribution in [-0.4, -0.2) is 35.9 Å². The molecule has 2 aromatic carbocycles. The van der Waals surface area contributed by atoms with Crippen molar-refractivity contribution in [2.45, 2.75) is 12.3 Å². The Kier molecular flexibility index (Phi) is 15.0. The third-order valence-electron chi connectivity index (χ3n) is 5.49. The Hall–Kier alpha value is -2.48. The van der Waals surface area contributed by atoms with Crippen molar-refractivity contribution in [2.75, 3.05) is 20.1 Å². The molecule has 1 N–H and O–H groups in total. The first-order valence-electron chi connectivity index (χ1n) is 9.84. The summed E-state index contributed by atoms with van der Waals surface area (Å²) in [6, 6.07) is 11.5. The molecule has 0 aromatic heterocycles. The van der Waals surface area contributed by atoms with Crippen molar-refractivity contribution >= 4 is 17.4 Å². The first-order chi connectivity index (χ1) is 16.0. The second-order valence-electron chi connectivity index (χ2n) is 7.31. The van der Waals surface area contributed by atoms with Crippen LogP contribution in [0.2, 0.25) is 5.02 Å². The third-order valence-corrected chi connectivity index (χ3v) is 5.80. The van der Waals surface area contributed by atoms with Crippen LogP contribution in [0.25, 0.3) is 0 Å². The normalized spacial score (nSPS) is 15.9. The number of phenols is 1. The fourth-order valence-electron chi connectivity index (χ4n) is 4.05. The van der Waals surface area contributed by atoms with Gasteiger partial charge in [-0.1, -0.05) is 60.2 Å². The molecular formula is C26H22ClNO5Re. The van der Waals surface area contributed by atoms with Crippen LogP contribution in [0.5, 0.6) is 5.75 Å². The number of rotatable bonds is 3. The molecule has 1 aliphatic carbocycles. The number of carbonyl (C=O) groups excluding carboxylic acids is 1. The van der Waals surface area contributed by atoms with Crippen LogP contribution in [0.1, 0.15) is 33.0 Å². The van der Waals surface area contributed by atoms with Crippen molar-refractivity contribution in [3.63, 3.8) is 0 Å². The van der Waals surface area contributed by atoms with E-state index < -0.39 is 0 Å². The van der Waals surface area contributed by atoms with Crippen molar-refractivity contribution in [3.05, 3.63) is 108 Å². The topological polar surface area (TPSA) is 100 Å². The van der Waals surface area contributed by atoms with E-state index in [2.05, 4.69) is 31.9 Å². The molecule has 0 saturated carbocycles. The van der Waals surface area contributed by atoms with Crippen molar-refractivity contribution in [1.29, 1.82) is 0 Å². The molecule has 4 rings (SSSR count). The maximum absolute atomic E-state index is 13.1. The minimum atomic E-state index is -0.201. The molecule has 8 heteroatoms. The second-order valence-corrected chi connectivity index (χ2v) is 7.72. The molecule has 1 heterocycles. The minimum Gasteiger partial charge on any atom is 0 e. The van der Waals surface area contributed by atoms with Crippen molar-refractivity contribution in [2.24, 2.45) is 5.92 Å². The Morgan fingerprint density at radius 1 is 1.03 bits per heavy atom. The molecule has 0 spiro atoms. The van der Waals surface area contributed by atoms with E-state index >= 15 is 0 Å². The monoisotopic (exact) mass is 650 g/mol. The molecule has 1 atom stereocenters. The van der Waals surface area contributed by atoms with Gasteiger partial charge in [-0.05, 0) is 42.3 Å². The summed E-state index contributed by atoms with van der Waals surface area (Å²) in [5.41, 5.74) is 3.95. The first kappa shape index (κ1) is 31.5. The third kappa shape index (κ3) is 7.52. The van der Waals surface area contributed by atoms with Gasteiger partial charge in [0.2, 0.25) is 0 Å². The number of Topliss-reactive ketones (excluding diaryl/α,β-unsaturated/α-hetero) is 1. The molecule has 2 aliphatic rings. The number of carbonyl (C=O) groups is 1. The molecule has 0 fully saturated rings. The molecule has 34 heavy (non-hydrogen) atoms. The van der Waals surface area contributed by atoms with E-state index in [4.69, 9.17) is 25.6 Å². The van der Waals surface area contributed by atoms with Crippen LogP contribution < -0.4 is 0 Å². The Morgan fingerprint density at radius 3 is 2.24 bits per heavy atom. The quantitative estimate of drug-likeness (QED) is 0.302. The minimum absolute atomic E-state index is 0. The predicted octanol–water partition coefficient (Wildman–Crippen LogP) is 4.48. The molecular weight excluding hydrogens is 628 g/mol. The van der Waals surface area contributed by atoms with Crippen LogP contribution in [0.3, 0.4) is 0 Å². The summed E-state index contributed by atoms with van der Waals surface area (Å²) in [6.07, 6.45) is 8.56. The Balaban J connectivity index is 0.00000145. The van der Waals surface area contributed by atoms with Gasteiger partial charge in [-0.3, -0.25) is 4.79 Å².